The van der Waals surface area contributed by atoms with Gasteiger partial charge in [-0.25, -0.2) is 4.98 Å². The lowest BCUT2D eigenvalue weighted by Gasteiger charge is -2.19. The summed E-state index contributed by atoms with van der Waals surface area (Å²) in [5.41, 5.74) is 5.22. The van der Waals surface area contributed by atoms with Crippen LogP contribution in [0.5, 0.6) is 5.75 Å². The van der Waals surface area contributed by atoms with Crippen LogP contribution in [0.15, 0.2) is 24.4 Å². The van der Waals surface area contributed by atoms with Crippen molar-refractivity contribution in [1.82, 2.24) is 14.6 Å². The van der Waals surface area contributed by atoms with Crippen molar-refractivity contribution in [1.29, 1.82) is 0 Å². The number of methoxy groups -OCH3 is 1. The molecule has 142 valence electrons. The summed E-state index contributed by atoms with van der Waals surface area (Å²) >= 11 is 6.53. The maximum atomic E-state index is 6.53. The topological polar surface area (TPSA) is 51.5 Å². The molecule has 0 unspecified atom stereocenters. The maximum Gasteiger partial charge on any atom is 0.165 e. The van der Waals surface area contributed by atoms with Crippen LogP contribution in [0.1, 0.15) is 44.4 Å². The van der Waals surface area contributed by atoms with Gasteiger partial charge in [0.15, 0.2) is 5.65 Å². The molecule has 0 fully saturated rings. The Labute approximate surface area is 164 Å². The van der Waals surface area contributed by atoms with Gasteiger partial charge in [-0.3, -0.25) is 0 Å². The van der Waals surface area contributed by atoms with Gasteiger partial charge in [-0.1, -0.05) is 25.4 Å². The van der Waals surface area contributed by atoms with E-state index in [1.54, 1.807) is 7.11 Å². The Kier molecular flexibility index (Phi) is 4.96. The molecule has 2 aromatic heterocycles. The maximum absolute atomic E-state index is 6.53. The lowest BCUT2D eigenvalue weighted by atomic mass is 10.1. The van der Waals surface area contributed by atoms with Crippen LogP contribution >= 0.6 is 11.6 Å². The van der Waals surface area contributed by atoms with E-state index < -0.39 is 0 Å². The van der Waals surface area contributed by atoms with Gasteiger partial charge in [-0.05, 0) is 50.3 Å². The van der Waals surface area contributed by atoms with E-state index in [4.69, 9.17) is 21.3 Å². The van der Waals surface area contributed by atoms with Crippen molar-refractivity contribution in [2.24, 2.45) is 0 Å². The predicted octanol–water partition coefficient (Wildman–Crippen LogP) is 5.15. The second kappa shape index (κ2) is 7.39. The summed E-state index contributed by atoms with van der Waals surface area (Å²) in [6.07, 6.45) is 7.24. The summed E-state index contributed by atoms with van der Waals surface area (Å²) in [5.74, 6) is 1.84. The Morgan fingerprint density at radius 3 is 2.74 bits per heavy atom. The van der Waals surface area contributed by atoms with Crippen molar-refractivity contribution >= 4 is 23.1 Å². The molecule has 5 nitrogen and oxygen atoms in total. The lowest BCUT2D eigenvalue weighted by Crippen LogP contribution is -2.21. The van der Waals surface area contributed by atoms with Crippen LogP contribution in [-0.2, 0) is 12.8 Å². The summed E-state index contributed by atoms with van der Waals surface area (Å²) in [5, 5.41) is 9.05. The highest BCUT2D eigenvalue weighted by atomic mass is 35.5. The SMILES string of the molecule is CCC(CC)Nc1c2c(nc3c(-c4ccc(OC)cc4Cl)cnn13)CCC2. The number of halogens is 1. The number of aryl methyl sites for hydroxylation is 1. The monoisotopic (exact) mass is 384 g/mol. The minimum absolute atomic E-state index is 0.428. The second-order valence-corrected chi connectivity index (χ2v) is 7.44. The van der Waals surface area contributed by atoms with Crippen molar-refractivity contribution in [2.45, 2.75) is 52.0 Å². The van der Waals surface area contributed by atoms with Crippen LogP contribution in [0.3, 0.4) is 0 Å². The molecule has 0 amide bonds. The van der Waals surface area contributed by atoms with Crippen molar-refractivity contribution in [3.05, 3.63) is 40.7 Å². The number of fused-ring (bicyclic) bond motifs is 2. The first-order valence-electron chi connectivity index (χ1n) is 9.66. The third kappa shape index (κ3) is 3.14. The van der Waals surface area contributed by atoms with Crippen molar-refractivity contribution in [2.75, 3.05) is 12.4 Å². The molecule has 1 aromatic carbocycles. The highest BCUT2D eigenvalue weighted by molar-refractivity contribution is 6.33. The summed E-state index contributed by atoms with van der Waals surface area (Å²) in [6, 6.07) is 6.15. The van der Waals surface area contributed by atoms with E-state index in [0.29, 0.717) is 11.1 Å². The Morgan fingerprint density at radius 1 is 1.22 bits per heavy atom. The molecule has 1 aliphatic carbocycles. The average Bonchev–Trinajstić information content (AvgIpc) is 3.32. The molecule has 0 saturated carbocycles. The van der Waals surface area contributed by atoms with Gasteiger partial charge in [0.2, 0.25) is 0 Å². The number of anilines is 1. The molecular formula is C21H25ClN4O. The van der Waals surface area contributed by atoms with E-state index >= 15 is 0 Å². The first-order chi connectivity index (χ1) is 13.2. The zero-order valence-corrected chi connectivity index (χ0v) is 16.8. The molecule has 6 heteroatoms. The van der Waals surface area contributed by atoms with Gasteiger partial charge in [0.05, 0.1) is 18.3 Å². The third-order valence-electron chi connectivity index (χ3n) is 5.46. The van der Waals surface area contributed by atoms with Crippen molar-refractivity contribution in [3.8, 4) is 16.9 Å². The van der Waals surface area contributed by atoms with Gasteiger partial charge >= 0.3 is 0 Å². The van der Waals surface area contributed by atoms with Crippen LogP contribution in [0.4, 0.5) is 5.82 Å². The van der Waals surface area contributed by atoms with E-state index in [1.165, 1.54) is 11.3 Å². The standard InChI is InChI=1S/C21H25ClN4O/c1-4-13(5-2)24-20-16-7-6-8-19(16)25-21-17(12-23-26(20)21)15-10-9-14(27-3)11-18(15)22/h9-13,24H,4-8H2,1-3H3. The lowest BCUT2D eigenvalue weighted by molar-refractivity contribution is 0.415. The normalized spacial score (nSPS) is 13.4. The fourth-order valence-electron chi connectivity index (χ4n) is 3.84. The smallest absolute Gasteiger partial charge is 0.165 e. The summed E-state index contributed by atoms with van der Waals surface area (Å²) < 4.78 is 7.23. The third-order valence-corrected chi connectivity index (χ3v) is 5.78. The van der Waals surface area contributed by atoms with Crippen molar-refractivity contribution < 1.29 is 4.74 Å². The number of ether oxygens (including phenoxy) is 1. The number of hydrogen-bond acceptors (Lipinski definition) is 4. The molecule has 0 bridgehead atoms. The largest absolute Gasteiger partial charge is 0.497 e. The minimum atomic E-state index is 0.428. The van der Waals surface area contributed by atoms with E-state index in [-0.39, 0.29) is 0 Å². The van der Waals surface area contributed by atoms with E-state index in [1.807, 2.05) is 28.9 Å². The Balaban J connectivity index is 1.88. The molecule has 27 heavy (non-hydrogen) atoms. The number of nitrogens with one attached hydrogen (secondary N) is 1. The highest BCUT2D eigenvalue weighted by Crippen LogP contribution is 2.36. The van der Waals surface area contributed by atoms with Gasteiger partial charge in [-0.15, -0.1) is 0 Å². The first kappa shape index (κ1) is 18.1. The molecule has 3 aromatic rings. The Morgan fingerprint density at radius 2 is 2.04 bits per heavy atom. The zero-order valence-electron chi connectivity index (χ0n) is 16.1. The molecule has 0 aliphatic heterocycles. The molecule has 0 saturated heterocycles. The average molecular weight is 385 g/mol. The number of hydrogen-bond donors (Lipinski definition) is 1. The van der Waals surface area contributed by atoms with Crippen LogP contribution in [0.2, 0.25) is 5.02 Å². The minimum Gasteiger partial charge on any atom is -0.497 e. The van der Waals surface area contributed by atoms with E-state index in [0.717, 1.165) is 60.4 Å². The van der Waals surface area contributed by atoms with E-state index in [9.17, 15) is 0 Å². The van der Waals surface area contributed by atoms with Gasteiger partial charge in [0.25, 0.3) is 0 Å². The summed E-state index contributed by atoms with van der Waals surface area (Å²) in [7, 11) is 1.64. The van der Waals surface area contributed by atoms with Crippen LogP contribution in [0, 0.1) is 0 Å². The van der Waals surface area contributed by atoms with Gasteiger partial charge < -0.3 is 10.1 Å². The number of nitrogens with zero attached hydrogens (tertiary/aromatic N) is 3. The quantitative estimate of drug-likeness (QED) is 0.638. The molecule has 2 heterocycles. The number of rotatable bonds is 6. The zero-order chi connectivity index (χ0) is 19.0. The fourth-order valence-corrected chi connectivity index (χ4v) is 4.11. The molecule has 1 aliphatic rings. The van der Waals surface area contributed by atoms with Crippen LogP contribution < -0.4 is 10.1 Å². The predicted molar refractivity (Wildman–Crippen MR) is 110 cm³/mol. The number of aromatic nitrogens is 3. The molecule has 4 rings (SSSR count). The molecule has 0 spiro atoms. The highest BCUT2D eigenvalue weighted by Gasteiger charge is 2.24. The van der Waals surface area contributed by atoms with Gasteiger partial charge in [0.1, 0.15) is 11.6 Å². The molecule has 1 N–H and O–H groups in total. The molecular weight excluding hydrogens is 360 g/mol. The van der Waals surface area contributed by atoms with Gasteiger partial charge in [-0.2, -0.15) is 9.61 Å². The molecule has 0 radical (unpaired) electrons. The van der Waals surface area contributed by atoms with Crippen molar-refractivity contribution in [3.63, 3.8) is 0 Å². The summed E-state index contributed by atoms with van der Waals surface area (Å²) in [4.78, 5) is 4.97. The Bertz CT molecular complexity index is 978. The molecule has 0 atom stereocenters. The van der Waals surface area contributed by atoms with Crippen LogP contribution in [0.25, 0.3) is 16.8 Å². The Hall–Kier alpha value is -2.27. The number of benzene rings is 1. The van der Waals surface area contributed by atoms with Crippen LogP contribution in [-0.4, -0.2) is 27.7 Å². The summed E-state index contributed by atoms with van der Waals surface area (Å²) in [6.45, 7) is 4.43. The van der Waals surface area contributed by atoms with E-state index in [2.05, 4.69) is 24.3 Å². The van der Waals surface area contributed by atoms with Gasteiger partial charge in [0, 0.05) is 28.4 Å². The first-order valence-corrected chi connectivity index (χ1v) is 10.0. The second-order valence-electron chi connectivity index (χ2n) is 7.04. The fraction of sp³-hybridized carbons (Fsp3) is 0.429.